The molecule has 0 N–H and O–H groups in total. The van der Waals surface area contributed by atoms with E-state index in [2.05, 4.69) is 19.8 Å². The van der Waals surface area contributed by atoms with Crippen LogP contribution in [0.2, 0.25) is 0 Å². The van der Waals surface area contributed by atoms with E-state index in [0.717, 1.165) is 24.3 Å². The molecule has 0 spiro atoms. The summed E-state index contributed by atoms with van der Waals surface area (Å²) < 4.78 is 83.5. The van der Waals surface area contributed by atoms with Crippen molar-refractivity contribution in [1.29, 1.82) is 0 Å². The molecule has 0 saturated carbocycles. The molecule has 5 nitrogen and oxygen atoms in total. The third-order valence-electron chi connectivity index (χ3n) is 4.44. The van der Waals surface area contributed by atoms with Gasteiger partial charge in [-0.15, -0.1) is 31.4 Å². The highest BCUT2D eigenvalue weighted by atomic mass is 35.5. The number of hydrogen-bond acceptors (Lipinski definition) is 4. The van der Waals surface area contributed by atoms with Gasteiger partial charge in [0.2, 0.25) is 0 Å². The van der Waals surface area contributed by atoms with Gasteiger partial charge in [0, 0.05) is 12.1 Å². The minimum absolute atomic E-state index is 0.359. The van der Waals surface area contributed by atoms with Crippen molar-refractivity contribution in [2.24, 2.45) is 0 Å². The third kappa shape index (κ3) is 5.40. The fourth-order valence-electron chi connectivity index (χ4n) is 3.03. The maximum Gasteiger partial charge on any atom is 0.573 e. The van der Waals surface area contributed by atoms with Crippen molar-refractivity contribution in [2.45, 2.75) is 30.6 Å². The molecule has 0 aliphatic heterocycles. The van der Waals surface area contributed by atoms with Gasteiger partial charge < -0.3 is 9.47 Å². The van der Waals surface area contributed by atoms with E-state index in [1.807, 2.05) is 0 Å². The molecule has 31 heavy (non-hydrogen) atoms. The lowest BCUT2D eigenvalue weighted by Crippen LogP contribution is -2.35. The van der Waals surface area contributed by atoms with Gasteiger partial charge in [0.15, 0.2) is 5.00 Å². The molecule has 0 fully saturated rings. The monoisotopic (exact) mass is 465 g/mol. The molecular weight excluding hydrogens is 452 g/mol. The molecule has 0 amide bonds. The Morgan fingerprint density at radius 2 is 1.32 bits per heavy atom. The Balaban J connectivity index is 1.95. The quantitative estimate of drug-likeness (QED) is 0.340. The number of nitrogens with zero attached hydrogens (tertiary/aromatic N) is 3. The molecular formula is C19H14ClF6N3O2. The maximum absolute atomic E-state index is 12.4. The van der Waals surface area contributed by atoms with Crippen LogP contribution in [0.3, 0.4) is 0 Å². The maximum atomic E-state index is 12.4. The molecule has 2 aromatic carbocycles. The Kier molecular flexibility index (Phi) is 6.08. The second-order valence-corrected chi connectivity index (χ2v) is 7.01. The minimum atomic E-state index is -4.85. The Labute approximate surface area is 177 Å². The van der Waals surface area contributed by atoms with Gasteiger partial charge in [0.05, 0.1) is 6.20 Å². The van der Waals surface area contributed by atoms with Crippen LogP contribution < -0.4 is 9.47 Å². The highest BCUT2D eigenvalue weighted by molar-refractivity contribution is 6.24. The van der Waals surface area contributed by atoms with Crippen LogP contribution in [0.25, 0.3) is 0 Å². The van der Waals surface area contributed by atoms with E-state index in [0.29, 0.717) is 11.1 Å². The van der Waals surface area contributed by atoms with E-state index in [1.54, 1.807) is 6.92 Å². The summed E-state index contributed by atoms with van der Waals surface area (Å²) in [5.41, 5.74) is 0.882. The first kappa shape index (κ1) is 22.7. The normalized spacial score (nSPS) is 15.2. The summed E-state index contributed by atoms with van der Waals surface area (Å²) in [7, 11) is 0. The molecule has 3 rings (SSSR count). The fraction of sp³-hybridized carbons (Fsp3) is 0.263. The summed E-state index contributed by atoms with van der Waals surface area (Å²) >= 11 is 6.93. The highest BCUT2D eigenvalue weighted by Crippen LogP contribution is 2.44. The first-order chi connectivity index (χ1) is 14.4. The highest BCUT2D eigenvalue weighted by Gasteiger charge is 2.40. The third-order valence-corrected chi connectivity index (χ3v) is 5.15. The van der Waals surface area contributed by atoms with Crippen LogP contribution in [0.1, 0.15) is 24.0 Å². The number of rotatable bonds is 6. The van der Waals surface area contributed by atoms with Gasteiger partial charge >= 0.3 is 12.7 Å². The van der Waals surface area contributed by atoms with E-state index in [1.165, 1.54) is 41.3 Å². The van der Waals surface area contributed by atoms with Gasteiger partial charge in [-0.2, -0.15) is 0 Å². The summed E-state index contributed by atoms with van der Waals surface area (Å²) in [5, 5.41) is 7.63. The van der Waals surface area contributed by atoms with Crippen molar-refractivity contribution in [2.75, 3.05) is 0 Å². The zero-order valence-electron chi connectivity index (χ0n) is 15.7. The first-order valence-electron chi connectivity index (χ1n) is 8.66. The standard InChI is InChI=1S/C19H14ClF6N3O2/c1-12(13-2-6-15(7-3-13)30-18(21,22)23)17(20,29-11-10-27-28-29)14-4-8-16(9-5-14)31-19(24,25)26/h2-12H,1H3. The summed E-state index contributed by atoms with van der Waals surface area (Å²) in [5.74, 6) is -1.45. The number of benzene rings is 2. The van der Waals surface area contributed by atoms with Crippen molar-refractivity contribution < 1.29 is 35.8 Å². The smallest absolute Gasteiger partial charge is 0.406 e. The summed E-state index contributed by atoms with van der Waals surface area (Å²) in [4.78, 5) is -1.46. The Hall–Kier alpha value is -2.95. The van der Waals surface area contributed by atoms with Gasteiger partial charge in [-0.1, -0.05) is 48.0 Å². The average Bonchev–Trinajstić information content (AvgIpc) is 3.21. The molecule has 3 aromatic rings. The van der Waals surface area contributed by atoms with Crippen molar-refractivity contribution in [3.05, 3.63) is 72.1 Å². The van der Waals surface area contributed by atoms with Gasteiger partial charge in [-0.25, -0.2) is 4.68 Å². The minimum Gasteiger partial charge on any atom is -0.406 e. The Bertz CT molecular complexity index is 991. The second kappa shape index (κ2) is 8.29. The number of ether oxygens (including phenoxy) is 2. The lowest BCUT2D eigenvalue weighted by Gasteiger charge is -2.34. The predicted molar refractivity (Wildman–Crippen MR) is 97.6 cm³/mol. The number of halogens is 7. The van der Waals surface area contributed by atoms with E-state index in [4.69, 9.17) is 11.6 Å². The van der Waals surface area contributed by atoms with Crippen molar-refractivity contribution >= 4 is 11.6 Å². The zero-order chi connectivity index (χ0) is 22.9. The Morgan fingerprint density at radius 3 is 1.74 bits per heavy atom. The van der Waals surface area contributed by atoms with E-state index in [9.17, 15) is 26.3 Å². The van der Waals surface area contributed by atoms with E-state index in [-0.39, 0.29) is 0 Å². The molecule has 1 heterocycles. The molecule has 0 bridgehead atoms. The summed E-state index contributed by atoms with van der Waals surface area (Å²) in [6.07, 6.45) is -6.85. The van der Waals surface area contributed by atoms with Crippen LogP contribution in [0.5, 0.6) is 11.5 Å². The zero-order valence-corrected chi connectivity index (χ0v) is 16.4. The van der Waals surface area contributed by atoms with Crippen LogP contribution >= 0.6 is 11.6 Å². The number of alkyl halides is 7. The SMILES string of the molecule is CC(c1ccc(OC(F)(F)F)cc1)C(Cl)(c1ccc(OC(F)(F)F)cc1)n1ccnn1. The summed E-state index contributed by atoms with van der Waals surface area (Å²) in [6, 6.07) is 9.97. The molecule has 2 atom stereocenters. The van der Waals surface area contributed by atoms with Gasteiger partial charge in [0.25, 0.3) is 0 Å². The second-order valence-electron chi connectivity index (χ2n) is 6.43. The van der Waals surface area contributed by atoms with Gasteiger partial charge in [-0.05, 0) is 35.4 Å². The molecule has 2 unspecified atom stereocenters. The lowest BCUT2D eigenvalue weighted by molar-refractivity contribution is -0.275. The van der Waals surface area contributed by atoms with Crippen LogP contribution in [0.4, 0.5) is 26.3 Å². The topological polar surface area (TPSA) is 49.2 Å². The van der Waals surface area contributed by atoms with Gasteiger partial charge in [-0.3, -0.25) is 0 Å². The molecule has 1 aromatic heterocycles. The molecule has 0 radical (unpaired) electrons. The molecule has 0 aliphatic rings. The predicted octanol–water partition coefficient (Wildman–Crippen LogP) is 5.82. The first-order valence-corrected chi connectivity index (χ1v) is 9.04. The van der Waals surface area contributed by atoms with Gasteiger partial charge in [0.1, 0.15) is 11.5 Å². The van der Waals surface area contributed by atoms with E-state index < -0.39 is 35.1 Å². The van der Waals surface area contributed by atoms with E-state index >= 15 is 0 Å². The average molecular weight is 466 g/mol. The van der Waals surface area contributed by atoms with Crippen LogP contribution in [0, 0.1) is 0 Å². The molecule has 0 aliphatic carbocycles. The van der Waals surface area contributed by atoms with Crippen LogP contribution in [0.15, 0.2) is 60.9 Å². The van der Waals surface area contributed by atoms with Crippen molar-refractivity contribution in [1.82, 2.24) is 15.0 Å². The van der Waals surface area contributed by atoms with Crippen molar-refractivity contribution in [3.63, 3.8) is 0 Å². The fourth-order valence-corrected chi connectivity index (χ4v) is 3.37. The molecule has 0 saturated heterocycles. The molecule has 12 heteroatoms. The largest absolute Gasteiger partial charge is 0.573 e. The van der Waals surface area contributed by atoms with Crippen LogP contribution in [-0.4, -0.2) is 27.7 Å². The number of hydrogen-bond donors (Lipinski definition) is 0. The number of aromatic nitrogens is 3. The van der Waals surface area contributed by atoms with Crippen molar-refractivity contribution in [3.8, 4) is 11.5 Å². The lowest BCUT2D eigenvalue weighted by atomic mass is 9.87. The van der Waals surface area contributed by atoms with Crippen LogP contribution in [-0.2, 0) is 5.00 Å². The molecule has 166 valence electrons. The Morgan fingerprint density at radius 1 is 0.839 bits per heavy atom. The summed E-state index contributed by atoms with van der Waals surface area (Å²) in [6.45, 7) is 1.69.